The molecule has 0 bridgehead atoms. The molecule has 1 atom stereocenters. The van der Waals surface area contributed by atoms with Crippen LogP contribution in [0, 0.1) is 0 Å². The van der Waals surface area contributed by atoms with Crippen LogP contribution in [0.25, 0.3) is 0 Å². The minimum absolute atomic E-state index is 0.0871. The minimum Gasteiger partial charge on any atom is -0.444 e. The molecule has 0 aromatic carbocycles. The molecule has 0 spiro atoms. The maximum atomic E-state index is 12.4. The van der Waals surface area contributed by atoms with Gasteiger partial charge >= 0.3 is 6.09 Å². The maximum Gasteiger partial charge on any atom is 0.410 e. The number of carbonyl (C=O) groups excluding carboxylic acids is 2. The van der Waals surface area contributed by atoms with Crippen molar-refractivity contribution >= 4 is 39.3 Å². The average Bonchev–Trinajstić information content (AvgIpc) is 2.82. The zero-order chi connectivity index (χ0) is 16.5. The Labute approximate surface area is 142 Å². The van der Waals surface area contributed by atoms with Crippen molar-refractivity contribution in [3.05, 3.63) is 15.0 Å². The molecule has 2 amide bonds. The quantitative estimate of drug-likeness (QED) is 0.740. The number of hydrogen-bond acceptors (Lipinski definition) is 5. The van der Waals surface area contributed by atoms with E-state index in [1.165, 1.54) is 11.3 Å². The fraction of sp³-hybridized carbons (Fsp3) is 0.643. The normalized spacial score (nSPS) is 19.2. The highest BCUT2D eigenvalue weighted by Crippen LogP contribution is 2.20. The molecule has 2 heterocycles. The second-order valence-corrected chi connectivity index (χ2v) is 7.92. The van der Waals surface area contributed by atoms with Gasteiger partial charge in [0.05, 0.1) is 0 Å². The number of amides is 2. The van der Waals surface area contributed by atoms with Crippen LogP contribution >= 0.6 is 27.3 Å². The van der Waals surface area contributed by atoms with Crippen LogP contribution in [0.15, 0.2) is 9.98 Å². The molecule has 1 aromatic rings. The third-order valence-electron chi connectivity index (χ3n) is 3.20. The van der Waals surface area contributed by atoms with Gasteiger partial charge in [0.15, 0.2) is 5.01 Å². The Bertz CT molecular complexity index is 570. The number of aromatic nitrogens is 1. The summed E-state index contributed by atoms with van der Waals surface area (Å²) in [6, 6.07) is -0.0871. The van der Waals surface area contributed by atoms with E-state index >= 15 is 0 Å². The summed E-state index contributed by atoms with van der Waals surface area (Å²) >= 11 is 4.57. The van der Waals surface area contributed by atoms with Gasteiger partial charge in [-0.3, -0.25) is 4.79 Å². The van der Waals surface area contributed by atoms with Crippen LogP contribution in [0.5, 0.6) is 0 Å². The molecule has 1 aromatic heterocycles. The number of carbonyl (C=O) groups is 2. The lowest BCUT2D eigenvalue weighted by Crippen LogP contribution is -2.56. The number of rotatable bonds is 1. The predicted octanol–water partition coefficient (Wildman–Crippen LogP) is 2.99. The Morgan fingerprint density at radius 3 is 2.59 bits per heavy atom. The summed E-state index contributed by atoms with van der Waals surface area (Å²) < 4.78 is 6.07. The molecule has 2 rings (SSSR count). The number of halogens is 1. The zero-order valence-corrected chi connectivity index (χ0v) is 15.5. The van der Waals surface area contributed by atoms with Crippen LogP contribution in [0.3, 0.4) is 0 Å². The van der Waals surface area contributed by atoms with Gasteiger partial charge in [-0.15, -0.1) is 11.3 Å². The molecule has 0 N–H and O–H groups in total. The number of ether oxygens (including phenoxy) is 1. The molecular weight excluding hydrogens is 370 g/mol. The third-order valence-corrected chi connectivity index (χ3v) is 4.74. The van der Waals surface area contributed by atoms with Crippen LogP contribution in [0.4, 0.5) is 4.79 Å². The monoisotopic (exact) mass is 389 g/mol. The molecule has 1 aliphatic heterocycles. The van der Waals surface area contributed by atoms with Crippen LogP contribution in [-0.4, -0.2) is 58.1 Å². The van der Waals surface area contributed by atoms with E-state index in [9.17, 15) is 9.59 Å². The second kappa shape index (κ2) is 6.54. The fourth-order valence-electron chi connectivity index (χ4n) is 2.22. The number of piperazine rings is 1. The molecule has 1 saturated heterocycles. The SMILES string of the molecule is C[C@H]1CN(C(=O)c2nc(Br)cs2)CCN1C(=O)OC(C)(C)C. The number of hydrogen-bond donors (Lipinski definition) is 0. The van der Waals surface area contributed by atoms with E-state index in [2.05, 4.69) is 20.9 Å². The van der Waals surface area contributed by atoms with E-state index in [0.717, 1.165) is 0 Å². The molecule has 22 heavy (non-hydrogen) atoms. The van der Waals surface area contributed by atoms with E-state index in [1.807, 2.05) is 27.7 Å². The van der Waals surface area contributed by atoms with Gasteiger partial charge in [0.1, 0.15) is 10.2 Å². The van der Waals surface area contributed by atoms with E-state index in [1.54, 1.807) is 15.2 Å². The summed E-state index contributed by atoms with van der Waals surface area (Å²) in [4.78, 5) is 32.1. The topological polar surface area (TPSA) is 62.7 Å². The lowest BCUT2D eigenvalue weighted by molar-refractivity contribution is 0.00198. The van der Waals surface area contributed by atoms with Gasteiger partial charge in [-0.1, -0.05) is 0 Å². The maximum absolute atomic E-state index is 12.4. The van der Waals surface area contributed by atoms with E-state index in [0.29, 0.717) is 29.2 Å². The molecule has 8 heteroatoms. The molecule has 0 radical (unpaired) electrons. The molecule has 0 unspecified atom stereocenters. The van der Waals surface area contributed by atoms with Crippen molar-refractivity contribution in [2.45, 2.75) is 39.3 Å². The standard InChI is InChI=1S/C14H20BrN3O3S/c1-9-7-17(12(19)11-16-10(15)8-22-11)5-6-18(9)13(20)21-14(2,3)4/h8-9H,5-7H2,1-4H3/t9-/m0/s1. The summed E-state index contributed by atoms with van der Waals surface area (Å²) in [5.41, 5.74) is -0.517. The van der Waals surface area contributed by atoms with Gasteiger partial charge in [-0.25, -0.2) is 9.78 Å². The van der Waals surface area contributed by atoms with Gasteiger partial charge in [0, 0.05) is 31.1 Å². The van der Waals surface area contributed by atoms with Gasteiger partial charge in [-0.05, 0) is 43.6 Å². The van der Waals surface area contributed by atoms with Crippen molar-refractivity contribution in [3.8, 4) is 0 Å². The summed E-state index contributed by atoms with van der Waals surface area (Å²) in [5, 5.41) is 2.25. The molecule has 122 valence electrons. The van der Waals surface area contributed by atoms with Gasteiger partial charge in [0.2, 0.25) is 0 Å². The Balaban J connectivity index is 1.98. The van der Waals surface area contributed by atoms with Crippen molar-refractivity contribution in [2.24, 2.45) is 0 Å². The van der Waals surface area contributed by atoms with Crippen LogP contribution in [-0.2, 0) is 4.74 Å². The number of nitrogens with zero attached hydrogens (tertiary/aromatic N) is 3. The summed E-state index contributed by atoms with van der Waals surface area (Å²) in [5.74, 6) is -0.0913. The highest BCUT2D eigenvalue weighted by Gasteiger charge is 2.33. The Morgan fingerprint density at radius 1 is 1.41 bits per heavy atom. The summed E-state index contributed by atoms with van der Waals surface area (Å²) in [7, 11) is 0. The van der Waals surface area contributed by atoms with Gasteiger partial charge < -0.3 is 14.5 Å². The number of thiazole rings is 1. The van der Waals surface area contributed by atoms with Crippen LogP contribution in [0.2, 0.25) is 0 Å². The average molecular weight is 390 g/mol. The molecular formula is C14H20BrN3O3S. The largest absolute Gasteiger partial charge is 0.444 e. The smallest absolute Gasteiger partial charge is 0.410 e. The van der Waals surface area contributed by atoms with E-state index in [-0.39, 0.29) is 18.0 Å². The van der Waals surface area contributed by atoms with Gasteiger partial charge in [0.25, 0.3) is 5.91 Å². The Kier molecular flexibility index (Phi) is 5.11. The lowest BCUT2D eigenvalue weighted by Gasteiger charge is -2.39. The molecule has 0 aliphatic carbocycles. The first-order valence-corrected chi connectivity index (χ1v) is 8.74. The van der Waals surface area contributed by atoms with Crippen molar-refractivity contribution < 1.29 is 14.3 Å². The predicted molar refractivity (Wildman–Crippen MR) is 88.1 cm³/mol. The molecule has 6 nitrogen and oxygen atoms in total. The van der Waals surface area contributed by atoms with Crippen molar-refractivity contribution in [1.82, 2.24) is 14.8 Å². The van der Waals surface area contributed by atoms with E-state index in [4.69, 9.17) is 4.74 Å². The van der Waals surface area contributed by atoms with Crippen molar-refractivity contribution in [1.29, 1.82) is 0 Å². The first-order valence-electron chi connectivity index (χ1n) is 7.07. The van der Waals surface area contributed by atoms with Crippen LogP contribution < -0.4 is 0 Å². The van der Waals surface area contributed by atoms with E-state index < -0.39 is 5.60 Å². The Morgan fingerprint density at radius 2 is 2.09 bits per heavy atom. The van der Waals surface area contributed by atoms with Gasteiger partial charge in [-0.2, -0.15) is 0 Å². The van der Waals surface area contributed by atoms with Crippen molar-refractivity contribution in [3.63, 3.8) is 0 Å². The third kappa shape index (κ3) is 4.19. The summed E-state index contributed by atoms with van der Waals surface area (Å²) in [6.45, 7) is 8.88. The lowest BCUT2D eigenvalue weighted by atomic mass is 10.2. The first kappa shape index (κ1) is 17.2. The minimum atomic E-state index is -0.517. The molecule has 0 saturated carbocycles. The second-order valence-electron chi connectivity index (χ2n) is 6.25. The van der Waals surface area contributed by atoms with Crippen LogP contribution in [0.1, 0.15) is 37.5 Å². The molecule has 1 aliphatic rings. The zero-order valence-electron chi connectivity index (χ0n) is 13.1. The summed E-state index contributed by atoms with van der Waals surface area (Å²) in [6.07, 6.45) is -0.330. The first-order chi connectivity index (χ1) is 10.2. The van der Waals surface area contributed by atoms with Crippen molar-refractivity contribution in [2.75, 3.05) is 19.6 Å². The molecule has 1 fully saturated rings. The Hall–Kier alpha value is -1.15. The highest BCUT2D eigenvalue weighted by atomic mass is 79.9. The fourth-order valence-corrected chi connectivity index (χ4v) is 3.44. The highest BCUT2D eigenvalue weighted by molar-refractivity contribution is 9.10.